The van der Waals surface area contributed by atoms with Gasteiger partial charge in [-0.1, -0.05) is 13.0 Å². The van der Waals surface area contributed by atoms with E-state index in [0.29, 0.717) is 0 Å². The van der Waals surface area contributed by atoms with Crippen LogP contribution in [0.25, 0.3) is 11.0 Å². The van der Waals surface area contributed by atoms with Gasteiger partial charge in [-0.2, -0.15) is 0 Å². The number of hydrogen-bond donors (Lipinski definition) is 1. The fourth-order valence-corrected chi connectivity index (χ4v) is 1.69. The predicted molar refractivity (Wildman–Crippen MR) is 63.1 cm³/mol. The van der Waals surface area contributed by atoms with Crippen molar-refractivity contribution in [3.8, 4) is 0 Å². The second kappa shape index (κ2) is 4.07. The van der Waals surface area contributed by atoms with Crippen molar-refractivity contribution >= 4 is 11.0 Å². The molecule has 0 spiro atoms. The second-order valence-electron chi connectivity index (χ2n) is 3.88. The first-order valence-corrected chi connectivity index (χ1v) is 5.44. The molecule has 1 aromatic heterocycles. The molecular weight excluding hydrogens is 186 g/mol. The van der Waals surface area contributed by atoms with Crippen molar-refractivity contribution < 1.29 is 4.42 Å². The summed E-state index contributed by atoms with van der Waals surface area (Å²) in [5.74, 6) is 1.00. The number of aryl methyl sites for hydroxylation is 1. The van der Waals surface area contributed by atoms with Crippen LogP contribution >= 0.6 is 0 Å². The Morgan fingerprint density at radius 1 is 1.33 bits per heavy atom. The molecule has 80 valence electrons. The molecule has 2 nitrogen and oxygen atoms in total. The van der Waals surface area contributed by atoms with Crippen LogP contribution in [-0.4, -0.2) is 7.05 Å². The quantitative estimate of drug-likeness (QED) is 0.828. The van der Waals surface area contributed by atoms with E-state index in [0.717, 1.165) is 17.8 Å². The zero-order chi connectivity index (χ0) is 10.8. The highest BCUT2D eigenvalue weighted by Crippen LogP contribution is 2.24. The Kier molecular flexibility index (Phi) is 2.78. The van der Waals surface area contributed by atoms with Gasteiger partial charge in [-0.3, -0.25) is 0 Å². The van der Waals surface area contributed by atoms with Crippen molar-refractivity contribution in [1.82, 2.24) is 5.32 Å². The molecule has 15 heavy (non-hydrogen) atoms. The van der Waals surface area contributed by atoms with Crippen molar-refractivity contribution in [1.29, 1.82) is 0 Å². The molecule has 2 aromatic rings. The lowest BCUT2D eigenvalue weighted by atomic mass is 10.1. The molecule has 0 aliphatic rings. The van der Waals surface area contributed by atoms with Gasteiger partial charge in [-0.25, -0.2) is 0 Å². The second-order valence-corrected chi connectivity index (χ2v) is 3.88. The Labute approximate surface area is 90.3 Å². The molecule has 0 aliphatic heterocycles. The molecular formula is C13H17NO. The summed E-state index contributed by atoms with van der Waals surface area (Å²) < 4.78 is 5.76. The molecule has 1 unspecified atom stereocenters. The van der Waals surface area contributed by atoms with Gasteiger partial charge < -0.3 is 9.73 Å². The number of fused-ring (bicyclic) bond motifs is 1. The summed E-state index contributed by atoms with van der Waals surface area (Å²) in [5, 5.41) is 4.38. The third kappa shape index (κ3) is 1.90. The van der Waals surface area contributed by atoms with Crippen LogP contribution in [0.3, 0.4) is 0 Å². The van der Waals surface area contributed by atoms with Crippen molar-refractivity contribution in [2.45, 2.75) is 26.3 Å². The average molecular weight is 203 g/mol. The van der Waals surface area contributed by atoms with Crippen molar-refractivity contribution in [2.24, 2.45) is 0 Å². The summed E-state index contributed by atoms with van der Waals surface area (Å²) in [7, 11) is 1.94. The van der Waals surface area contributed by atoms with Crippen LogP contribution in [0.2, 0.25) is 0 Å². The van der Waals surface area contributed by atoms with Crippen molar-refractivity contribution in [2.75, 3.05) is 7.05 Å². The Balaban J connectivity index is 2.46. The number of furan rings is 1. The summed E-state index contributed by atoms with van der Waals surface area (Å²) in [6.07, 6.45) is 1.07. The summed E-state index contributed by atoms with van der Waals surface area (Å²) >= 11 is 0. The number of nitrogens with one attached hydrogen (secondary N) is 1. The Morgan fingerprint density at radius 3 is 2.80 bits per heavy atom. The van der Waals surface area contributed by atoms with Gasteiger partial charge in [-0.05, 0) is 44.2 Å². The highest BCUT2D eigenvalue weighted by atomic mass is 16.3. The van der Waals surface area contributed by atoms with Crippen LogP contribution < -0.4 is 5.32 Å². The first-order chi connectivity index (χ1) is 7.24. The fourth-order valence-electron chi connectivity index (χ4n) is 1.69. The molecule has 0 saturated carbocycles. The monoisotopic (exact) mass is 203 g/mol. The van der Waals surface area contributed by atoms with E-state index in [2.05, 4.69) is 43.4 Å². The Bertz CT molecular complexity index is 459. The van der Waals surface area contributed by atoms with E-state index in [1.54, 1.807) is 0 Å². The highest BCUT2D eigenvalue weighted by molar-refractivity contribution is 5.78. The number of benzene rings is 1. The Morgan fingerprint density at radius 2 is 2.13 bits per heavy atom. The first-order valence-electron chi connectivity index (χ1n) is 5.44. The molecule has 1 atom stereocenters. The predicted octanol–water partition coefficient (Wildman–Crippen LogP) is 3.28. The van der Waals surface area contributed by atoms with E-state index in [-0.39, 0.29) is 6.04 Å². The molecule has 1 heterocycles. The summed E-state index contributed by atoms with van der Waals surface area (Å²) in [6.45, 7) is 4.26. The minimum atomic E-state index is 0.266. The average Bonchev–Trinajstić information content (AvgIpc) is 2.70. The van der Waals surface area contributed by atoms with Crippen molar-refractivity contribution in [3.05, 3.63) is 35.6 Å². The topological polar surface area (TPSA) is 25.2 Å². The normalized spacial score (nSPS) is 13.3. The molecule has 1 aromatic carbocycles. The minimum Gasteiger partial charge on any atom is -0.459 e. The lowest BCUT2D eigenvalue weighted by Gasteiger charge is -2.04. The first kappa shape index (κ1) is 10.2. The fraction of sp³-hybridized carbons (Fsp3) is 0.385. The maximum atomic E-state index is 5.76. The summed E-state index contributed by atoms with van der Waals surface area (Å²) in [6, 6.07) is 8.77. The van der Waals surface area contributed by atoms with Crippen LogP contribution in [0.5, 0.6) is 0 Å². The van der Waals surface area contributed by atoms with Crippen LogP contribution in [0.15, 0.2) is 28.7 Å². The standard InChI is InChI=1S/C13H17NO/c1-4-10-5-6-12-11(7-10)8-13(15-12)9(2)14-3/h5-9,14H,4H2,1-3H3. The molecule has 0 radical (unpaired) electrons. The van der Waals surface area contributed by atoms with E-state index >= 15 is 0 Å². The van der Waals surface area contributed by atoms with Crippen LogP contribution in [0.4, 0.5) is 0 Å². The van der Waals surface area contributed by atoms with Gasteiger partial charge in [0.05, 0.1) is 6.04 Å². The van der Waals surface area contributed by atoms with Crippen LogP contribution in [-0.2, 0) is 6.42 Å². The van der Waals surface area contributed by atoms with Crippen molar-refractivity contribution in [3.63, 3.8) is 0 Å². The van der Waals surface area contributed by atoms with Gasteiger partial charge in [-0.15, -0.1) is 0 Å². The highest BCUT2D eigenvalue weighted by Gasteiger charge is 2.09. The number of hydrogen-bond acceptors (Lipinski definition) is 2. The van der Waals surface area contributed by atoms with Gasteiger partial charge in [0.25, 0.3) is 0 Å². The SMILES string of the molecule is CCc1ccc2oc(C(C)NC)cc2c1. The van der Waals surface area contributed by atoms with E-state index in [1.165, 1.54) is 10.9 Å². The van der Waals surface area contributed by atoms with E-state index < -0.39 is 0 Å². The summed E-state index contributed by atoms with van der Waals surface area (Å²) in [5.41, 5.74) is 2.33. The zero-order valence-electron chi connectivity index (χ0n) is 9.50. The van der Waals surface area contributed by atoms with Gasteiger partial charge in [0.2, 0.25) is 0 Å². The van der Waals surface area contributed by atoms with E-state index in [9.17, 15) is 0 Å². The van der Waals surface area contributed by atoms with E-state index in [1.807, 2.05) is 7.05 Å². The molecule has 1 N–H and O–H groups in total. The largest absolute Gasteiger partial charge is 0.459 e. The molecule has 2 heteroatoms. The third-order valence-corrected chi connectivity index (χ3v) is 2.87. The van der Waals surface area contributed by atoms with Gasteiger partial charge >= 0.3 is 0 Å². The molecule has 0 amide bonds. The van der Waals surface area contributed by atoms with Gasteiger partial charge in [0, 0.05) is 5.39 Å². The smallest absolute Gasteiger partial charge is 0.134 e. The lowest BCUT2D eigenvalue weighted by molar-refractivity contribution is 0.475. The van der Waals surface area contributed by atoms with Crippen LogP contribution in [0, 0.1) is 0 Å². The van der Waals surface area contributed by atoms with Crippen LogP contribution in [0.1, 0.15) is 31.2 Å². The molecule has 2 rings (SSSR count). The minimum absolute atomic E-state index is 0.266. The van der Waals surface area contributed by atoms with E-state index in [4.69, 9.17) is 4.42 Å². The molecule has 0 bridgehead atoms. The molecule has 0 saturated heterocycles. The third-order valence-electron chi connectivity index (χ3n) is 2.87. The molecule has 0 aliphatic carbocycles. The lowest BCUT2D eigenvalue weighted by Crippen LogP contribution is -2.10. The summed E-state index contributed by atoms with van der Waals surface area (Å²) in [4.78, 5) is 0. The van der Waals surface area contributed by atoms with Gasteiger partial charge in [0.15, 0.2) is 0 Å². The molecule has 0 fully saturated rings. The Hall–Kier alpha value is -1.28. The maximum absolute atomic E-state index is 5.76. The van der Waals surface area contributed by atoms with Gasteiger partial charge in [0.1, 0.15) is 11.3 Å². The maximum Gasteiger partial charge on any atom is 0.134 e. The zero-order valence-corrected chi connectivity index (χ0v) is 9.50. The number of rotatable bonds is 3.